The molecule has 0 aliphatic carbocycles. The van der Waals surface area contributed by atoms with Crippen LogP contribution in [-0.2, 0) is 0 Å². The molecule has 3 nitrogen and oxygen atoms in total. The number of halogens is 1. The van der Waals surface area contributed by atoms with Crippen LogP contribution in [0.25, 0.3) is 0 Å². The lowest BCUT2D eigenvalue weighted by molar-refractivity contribution is 0.415. The molecule has 0 heterocycles. The van der Waals surface area contributed by atoms with E-state index in [1.54, 1.807) is 31.4 Å². The van der Waals surface area contributed by atoms with E-state index in [4.69, 9.17) is 9.84 Å². The molecule has 2 N–H and O–H groups in total. The Kier molecular flexibility index (Phi) is 3.14. The number of nitrogens with one attached hydrogen (secondary N) is 1. The minimum Gasteiger partial charge on any atom is -0.508 e. The summed E-state index contributed by atoms with van der Waals surface area (Å²) in [5, 5.41) is 12.0. The Morgan fingerprint density at radius 1 is 1.18 bits per heavy atom. The highest BCUT2D eigenvalue weighted by Gasteiger charge is 2.03. The molecule has 0 fully saturated rings. The summed E-state index contributed by atoms with van der Waals surface area (Å²) in [6.45, 7) is 0. The van der Waals surface area contributed by atoms with Gasteiger partial charge in [0.2, 0.25) is 0 Å². The standard InChI is InChI=1S/C13H12FNO2/c1-17-11-4-2-3-9(7-11)15-13-6-5-10(16)8-12(13)14/h2-8,15-16H,1H3. The van der Waals surface area contributed by atoms with Crippen molar-refractivity contribution in [2.75, 3.05) is 12.4 Å². The minimum absolute atomic E-state index is 0.0984. The molecule has 2 aromatic rings. The topological polar surface area (TPSA) is 41.5 Å². The monoisotopic (exact) mass is 233 g/mol. The zero-order valence-corrected chi connectivity index (χ0v) is 9.27. The fraction of sp³-hybridized carbons (Fsp3) is 0.0769. The summed E-state index contributed by atoms with van der Waals surface area (Å²) in [5.74, 6) is 0.0840. The van der Waals surface area contributed by atoms with Gasteiger partial charge in [-0.15, -0.1) is 0 Å². The highest BCUT2D eigenvalue weighted by Crippen LogP contribution is 2.25. The first-order chi connectivity index (χ1) is 8.19. The Hall–Kier alpha value is -2.23. The summed E-state index contributed by atoms with van der Waals surface area (Å²) in [6.07, 6.45) is 0. The molecule has 0 aliphatic rings. The molecular formula is C13H12FNO2. The Bertz CT molecular complexity index is 529. The van der Waals surface area contributed by atoms with Gasteiger partial charge in [0.1, 0.15) is 17.3 Å². The summed E-state index contributed by atoms with van der Waals surface area (Å²) < 4.78 is 18.5. The van der Waals surface area contributed by atoms with Crippen molar-refractivity contribution in [3.63, 3.8) is 0 Å². The van der Waals surface area contributed by atoms with Gasteiger partial charge in [-0.3, -0.25) is 0 Å². The zero-order chi connectivity index (χ0) is 12.3. The molecule has 0 unspecified atom stereocenters. The summed E-state index contributed by atoms with van der Waals surface area (Å²) in [4.78, 5) is 0. The van der Waals surface area contributed by atoms with Crippen LogP contribution in [0.3, 0.4) is 0 Å². The fourth-order valence-corrected chi connectivity index (χ4v) is 1.46. The van der Waals surface area contributed by atoms with E-state index in [0.717, 1.165) is 6.07 Å². The first-order valence-electron chi connectivity index (χ1n) is 5.08. The van der Waals surface area contributed by atoms with Gasteiger partial charge in [0.15, 0.2) is 0 Å². The second kappa shape index (κ2) is 4.74. The van der Waals surface area contributed by atoms with Crippen LogP contribution in [0.4, 0.5) is 15.8 Å². The largest absolute Gasteiger partial charge is 0.508 e. The molecule has 0 amide bonds. The molecule has 2 aromatic carbocycles. The number of hydrogen-bond donors (Lipinski definition) is 2. The van der Waals surface area contributed by atoms with Crippen LogP contribution in [-0.4, -0.2) is 12.2 Å². The van der Waals surface area contributed by atoms with Crippen molar-refractivity contribution < 1.29 is 14.2 Å². The van der Waals surface area contributed by atoms with E-state index in [1.807, 2.05) is 0 Å². The molecule has 0 spiro atoms. The summed E-state index contributed by atoms with van der Waals surface area (Å²) in [6, 6.07) is 11.1. The van der Waals surface area contributed by atoms with Crippen LogP contribution in [0.1, 0.15) is 0 Å². The van der Waals surface area contributed by atoms with Crippen LogP contribution in [0.15, 0.2) is 42.5 Å². The lowest BCUT2D eigenvalue weighted by Crippen LogP contribution is -1.94. The van der Waals surface area contributed by atoms with Gasteiger partial charge in [0.25, 0.3) is 0 Å². The Morgan fingerprint density at radius 3 is 2.71 bits per heavy atom. The van der Waals surface area contributed by atoms with Crippen LogP contribution in [0.2, 0.25) is 0 Å². The SMILES string of the molecule is COc1cccc(Nc2ccc(O)cc2F)c1. The van der Waals surface area contributed by atoms with E-state index >= 15 is 0 Å². The maximum atomic E-state index is 13.5. The summed E-state index contributed by atoms with van der Waals surface area (Å²) >= 11 is 0. The number of ether oxygens (including phenoxy) is 1. The molecule has 0 bridgehead atoms. The number of anilines is 2. The van der Waals surface area contributed by atoms with E-state index in [2.05, 4.69) is 5.32 Å². The van der Waals surface area contributed by atoms with Gasteiger partial charge in [-0.05, 0) is 24.3 Å². The molecule has 17 heavy (non-hydrogen) atoms. The first-order valence-corrected chi connectivity index (χ1v) is 5.08. The van der Waals surface area contributed by atoms with Crippen molar-refractivity contribution >= 4 is 11.4 Å². The van der Waals surface area contributed by atoms with Crippen molar-refractivity contribution in [2.45, 2.75) is 0 Å². The molecule has 0 atom stereocenters. The van der Waals surface area contributed by atoms with Crippen molar-refractivity contribution in [3.05, 3.63) is 48.3 Å². The van der Waals surface area contributed by atoms with Crippen molar-refractivity contribution in [2.24, 2.45) is 0 Å². The number of phenolic OH excluding ortho intramolecular Hbond substituents is 1. The second-order valence-electron chi connectivity index (χ2n) is 3.52. The number of aromatic hydroxyl groups is 1. The number of phenols is 1. The molecular weight excluding hydrogens is 221 g/mol. The molecule has 88 valence electrons. The van der Waals surface area contributed by atoms with Gasteiger partial charge >= 0.3 is 0 Å². The second-order valence-corrected chi connectivity index (χ2v) is 3.52. The van der Waals surface area contributed by atoms with Crippen LogP contribution >= 0.6 is 0 Å². The smallest absolute Gasteiger partial charge is 0.150 e. The highest BCUT2D eigenvalue weighted by molar-refractivity contribution is 5.62. The fourth-order valence-electron chi connectivity index (χ4n) is 1.46. The maximum Gasteiger partial charge on any atom is 0.150 e. The Labute approximate surface area is 98.5 Å². The molecule has 0 saturated carbocycles. The van der Waals surface area contributed by atoms with Crippen molar-refractivity contribution in [1.29, 1.82) is 0 Å². The lowest BCUT2D eigenvalue weighted by Gasteiger charge is -2.09. The van der Waals surface area contributed by atoms with Crippen LogP contribution < -0.4 is 10.1 Å². The third-order valence-electron chi connectivity index (χ3n) is 2.30. The minimum atomic E-state index is -0.507. The molecule has 0 radical (unpaired) electrons. The molecule has 4 heteroatoms. The van der Waals surface area contributed by atoms with E-state index < -0.39 is 5.82 Å². The third-order valence-corrected chi connectivity index (χ3v) is 2.30. The number of benzene rings is 2. The quantitative estimate of drug-likeness (QED) is 0.799. The Balaban J connectivity index is 2.25. The number of methoxy groups -OCH3 is 1. The Morgan fingerprint density at radius 2 is 2.00 bits per heavy atom. The molecule has 0 aliphatic heterocycles. The van der Waals surface area contributed by atoms with Gasteiger partial charge < -0.3 is 15.2 Å². The van der Waals surface area contributed by atoms with Crippen molar-refractivity contribution in [3.8, 4) is 11.5 Å². The van der Waals surface area contributed by atoms with Crippen molar-refractivity contribution in [1.82, 2.24) is 0 Å². The van der Waals surface area contributed by atoms with E-state index in [0.29, 0.717) is 17.1 Å². The predicted octanol–water partition coefficient (Wildman–Crippen LogP) is 3.28. The van der Waals surface area contributed by atoms with Gasteiger partial charge in [-0.2, -0.15) is 0 Å². The van der Waals surface area contributed by atoms with Crippen LogP contribution in [0, 0.1) is 5.82 Å². The summed E-state index contributed by atoms with van der Waals surface area (Å²) in [5.41, 5.74) is 1.02. The molecule has 0 aromatic heterocycles. The van der Waals surface area contributed by atoms with E-state index in [9.17, 15) is 4.39 Å². The van der Waals surface area contributed by atoms with Gasteiger partial charge in [-0.25, -0.2) is 4.39 Å². The van der Waals surface area contributed by atoms with Gasteiger partial charge in [-0.1, -0.05) is 6.07 Å². The molecule has 2 rings (SSSR count). The summed E-state index contributed by atoms with van der Waals surface area (Å²) in [7, 11) is 1.57. The third kappa shape index (κ3) is 2.66. The van der Waals surface area contributed by atoms with Crippen LogP contribution in [0.5, 0.6) is 11.5 Å². The van der Waals surface area contributed by atoms with E-state index in [1.165, 1.54) is 12.1 Å². The predicted molar refractivity (Wildman–Crippen MR) is 64.3 cm³/mol. The highest BCUT2D eigenvalue weighted by atomic mass is 19.1. The average Bonchev–Trinajstić information content (AvgIpc) is 2.33. The lowest BCUT2D eigenvalue weighted by atomic mass is 10.2. The van der Waals surface area contributed by atoms with Gasteiger partial charge in [0.05, 0.1) is 12.8 Å². The maximum absolute atomic E-state index is 13.5. The zero-order valence-electron chi connectivity index (χ0n) is 9.27. The first kappa shape index (κ1) is 11.3. The average molecular weight is 233 g/mol. The normalized spacial score (nSPS) is 10.0. The molecule has 0 saturated heterocycles. The number of hydrogen-bond acceptors (Lipinski definition) is 3. The number of rotatable bonds is 3. The van der Waals surface area contributed by atoms with Gasteiger partial charge in [0, 0.05) is 17.8 Å². The van der Waals surface area contributed by atoms with E-state index in [-0.39, 0.29) is 5.75 Å².